The number of nitrogens with zero attached hydrogens (tertiary/aromatic N) is 1. The van der Waals surface area contributed by atoms with E-state index in [4.69, 9.17) is 9.47 Å². The molecule has 1 aromatic carbocycles. The van der Waals surface area contributed by atoms with Gasteiger partial charge in [-0.2, -0.15) is 0 Å². The summed E-state index contributed by atoms with van der Waals surface area (Å²) in [6, 6.07) is 11.3. The highest BCUT2D eigenvalue weighted by atomic mass is 16.5. The summed E-state index contributed by atoms with van der Waals surface area (Å²) >= 11 is 0. The fraction of sp³-hybridized carbons (Fsp3) is 0.400. The molecule has 0 aliphatic rings. The summed E-state index contributed by atoms with van der Waals surface area (Å²) in [6.07, 6.45) is 2.27. The van der Waals surface area contributed by atoms with E-state index in [9.17, 15) is 9.90 Å². The number of aliphatic carboxylic acids is 1. The van der Waals surface area contributed by atoms with E-state index in [0.29, 0.717) is 26.1 Å². The predicted octanol–water partition coefficient (Wildman–Crippen LogP) is 3.26. The van der Waals surface area contributed by atoms with Gasteiger partial charge in [-0.15, -0.1) is 0 Å². The van der Waals surface area contributed by atoms with Crippen LogP contribution in [0.4, 0.5) is 0 Å². The zero-order chi connectivity index (χ0) is 19.0. The summed E-state index contributed by atoms with van der Waals surface area (Å²) in [7, 11) is 1.62. The van der Waals surface area contributed by atoms with E-state index in [2.05, 4.69) is 10.3 Å². The number of hydrogen-bond donors (Lipinski definition) is 2. The topological polar surface area (TPSA) is 80.7 Å². The number of methoxy groups -OCH3 is 1. The second-order valence-corrected chi connectivity index (χ2v) is 6.70. The first-order valence-corrected chi connectivity index (χ1v) is 8.56. The van der Waals surface area contributed by atoms with E-state index < -0.39 is 11.4 Å². The van der Waals surface area contributed by atoms with Gasteiger partial charge in [-0.25, -0.2) is 0 Å². The number of carboxylic acids is 1. The van der Waals surface area contributed by atoms with Gasteiger partial charge in [0.1, 0.15) is 18.1 Å². The Labute approximate surface area is 154 Å². The van der Waals surface area contributed by atoms with Crippen molar-refractivity contribution in [3.63, 3.8) is 0 Å². The lowest BCUT2D eigenvalue weighted by molar-refractivity contribution is -0.147. The largest absolute Gasteiger partial charge is 0.497 e. The van der Waals surface area contributed by atoms with Gasteiger partial charge in [0, 0.05) is 18.3 Å². The van der Waals surface area contributed by atoms with Crippen LogP contribution in [0.2, 0.25) is 0 Å². The summed E-state index contributed by atoms with van der Waals surface area (Å²) in [5.41, 5.74) is 1.05. The van der Waals surface area contributed by atoms with Crippen molar-refractivity contribution in [3.8, 4) is 11.5 Å². The van der Waals surface area contributed by atoms with E-state index in [1.54, 1.807) is 27.2 Å². The first kappa shape index (κ1) is 19.7. The number of pyridine rings is 1. The van der Waals surface area contributed by atoms with E-state index >= 15 is 0 Å². The molecule has 0 radical (unpaired) electrons. The highest BCUT2D eigenvalue weighted by Gasteiger charge is 2.26. The maximum atomic E-state index is 11.2. The minimum absolute atomic E-state index is 0.381. The molecule has 2 N–H and O–H groups in total. The Bertz CT molecular complexity index is 717. The third kappa shape index (κ3) is 5.74. The van der Waals surface area contributed by atoms with Crippen molar-refractivity contribution < 1.29 is 19.4 Å². The molecular weight excluding hydrogens is 332 g/mol. The maximum absolute atomic E-state index is 11.2. The molecule has 2 aromatic rings. The normalized spacial score (nSPS) is 11.2. The van der Waals surface area contributed by atoms with Crippen molar-refractivity contribution >= 4 is 5.97 Å². The van der Waals surface area contributed by atoms with Gasteiger partial charge in [0.15, 0.2) is 0 Å². The highest BCUT2D eigenvalue weighted by molar-refractivity contribution is 5.73. The molecule has 6 heteroatoms. The second-order valence-electron chi connectivity index (χ2n) is 6.70. The van der Waals surface area contributed by atoms with Crippen LogP contribution in [0.1, 0.15) is 31.5 Å². The summed E-state index contributed by atoms with van der Waals surface area (Å²) in [4.78, 5) is 15.4. The van der Waals surface area contributed by atoms with Crippen LogP contribution < -0.4 is 14.8 Å². The number of nitrogens with one attached hydrogen (secondary N) is 1. The van der Waals surface area contributed by atoms with E-state index in [1.165, 1.54) is 0 Å². The molecule has 1 heterocycles. The summed E-state index contributed by atoms with van der Waals surface area (Å²) < 4.78 is 11.2. The number of carbonyl (C=O) groups is 1. The van der Waals surface area contributed by atoms with Gasteiger partial charge in [-0.05, 0) is 57.1 Å². The standard InChI is InChI=1S/C20H26N2O4/c1-20(2,19(23)24)9-11-21-13-15-12-17(25-3)7-8-18(15)26-14-16-6-4-5-10-22-16/h4-8,10,12,21H,9,11,13-14H2,1-3H3,(H,23,24). The second kappa shape index (κ2) is 9.20. The number of carboxylic acid groups (broad SMARTS) is 1. The Morgan fingerprint density at radius 3 is 2.73 bits per heavy atom. The van der Waals surface area contributed by atoms with Gasteiger partial charge in [0.05, 0.1) is 18.2 Å². The first-order chi connectivity index (χ1) is 12.4. The smallest absolute Gasteiger partial charge is 0.309 e. The van der Waals surface area contributed by atoms with Crippen molar-refractivity contribution in [2.45, 2.75) is 33.4 Å². The lowest BCUT2D eigenvalue weighted by atomic mass is 9.90. The van der Waals surface area contributed by atoms with Crippen LogP contribution >= 0.6 is 0 Å². The van der Waals surface area contributed by atoms with Crippen LogP contribution in [-0.4, -0.2) is 29.7 Å². The van der Waals surface area contributed by atoms with E-state index in [-0.39, 0.29) is 0 Å². The SMILES string of the molecule is COc1ccc(OCc2ccccn2)c(CNCCC(C)(C)C(=O)O)c1. The van der Waals surface area contributed by atoms with Crippen LogP contribution in [0.25, 0.3) is 0 Å². The van der Waals surface area contributed by atoms with E-state index in [1.807, 2.05) is 36.4 Å². The molecule has 0 saturated heterocycles. The summed E-state index contributed by atoms with van der Waals surface area (Å²) in [5, 5.41) is 12.5. The molecule has 140 valence electrons. The van der Waals surface area contributed by atoms with Gasteiger partial charge in [0.25, 0.3) is 0 Å². The van der Waals surface area contributed by atoms with Gasteiger partial charge in [-0.3, -0.25) is 9.78 Å². The van der Waals surface area contributed by atoms with Crippen LogP contribution in [-0.2, 0) is 17.9 Å². The third-order valence-corrected chi connectivity index (χ3v) is 4.19. The molecule has 0 saturated carbocycles. The molecular formula is C20H26N2O4. The van der Waals surface area contributed by atoms with Crippen molar-refractivity contribution in [2.24, 2.45) is 5.41 Å². The average Bonchev–Trinajstić information content (AvgIpc) is 2.64. The Balaban J connectivity index is 1.97. The van der Waals surface area contributed by atoms with Gasteiger partial charge in [-0.1, -0.05) is 6.07 Å². The number of hydrogen-bond acceptors (Lipinski definition) is 5. The first-order valence-electron chi connectivity index (χ1n) is 8.56. The van der Waals surface area contributed by atoms with Crippen molar-refractivity contribution in [1.82, 2.24) is 10.3 Å². The van der Waals surface area contributed by atoms with Gasteiger partial charge < -0.3 is 19.9 Å². The average molecular weight is 358 g/mol. The van der Waals surface area contributed by atoms with Gasteiger partial charge >= 0.3 is 5.97 Å². The van der Waals surface area contributed by atoms with Crippen LogP contribution in [0.5, 0.6) is 11.5 Å². The Morgan fingerprint density at radius 1 is 1.27 bits per heavy atom. The van der Waals surface area contributed by atoms with Crippen molar-refractivity contribution in [3.05, 3.63) is 53.9 Å². The van der Waals surface area contributed by atoms with Crippen LogP contribution in [0, 0.1) is 5.41 Å². The zero-order valence-corrected chi connectivity index (χ0v) is 15.5. The zero-order valence-electron chi connectivity index (χ0n) is 15.5. The summed E-state index contributed by atoms with van der Waals surface area (Å²) in [5.74, 6) is 0.708. The molecule has 0 aliphatic heterocycles. The van der Waals surface area contributed by atoms with Crippen molar-refractivity contribution in [1.29, 1.82) is 0 Å². The molecule has 0 fully saturated rings. The molecule has 6 nitrogen and oxygen atoms in total. The number of rotatable bonds is 10. The fourth-order valence-corrected chi connectivity index (χ4v) is 2.33. The quantitative estimate of drug-likeness (QED) is 0.635. The number of benzene rings is 1. The highest BCUT2D eigenvalue weighted by Crippen LogP contribution is 2.25. The molecule has 2 rings (SSSR count). The maximum Gasteiger partial charge on any atom is 0.309 e. The third-order valence-electron chi connectivity index (χ3n) is 4.19. The molecule has 0 bridgehead atoms. The Hall–Kier alpha value is -2.60. The molecule has 1 aromatic heterocycles. The molecule has 0 aliphatic carbocycles. The fourth-order valence-electron chi connectivity index (χ4n) is 2.33. The number of ether oxygens (including phenoxy) is 2. The molecule has 0 amide bonds. The lowest BCUT2D eigenvalue weighted by Gasteiger charge is -2.19. The molecule has 0 unspecified atom stereocenters. The predicted molar refractivity (Wildman–Crippen MR) is 99.3 cm³/mol. The Kier molecular flexibility index (Phi) is 6.97. The van der Waals surface area contributed by atoms with Gasteiger partial charge in [0.2, 0.25) is 0 Å². The monoisotopic (exact) mass is 358 g/mol. The van der Waals surface area contributed by atoms with Crippen molar-refractivity contribution in [2.75, 3.05) is 13.7 Å². The number of aromatic nitrogens is 1. The minimum atomic E-state index is -0.792. The molecule has 0 atom stereocenters. The lowest BCUT2D eigenvalue weighted by Crippen LogP contribution is -2.28. The minimum Gasteiger partial charge on any atom is -0.497 e. The molecule has 0 spiro atoms. The van der Waals surface area contributed by atoms with Crippen LogP contribution in [0.15, 0.2) is 42.6 Å². The molecule has 26 heavy (non-hydrogen) atoms. The van der Waals surface area contributed by atoms with E-state index in [0.717, 1.165) is 22.8 Å². The Morgan fingerprint density at radius 2 is 2.08 bits per heavy atom. The summed E-state index contributed by atoms with van der Waals surface area (Å²) in [6.45, 7) is 4.99. The van der Waals surface area contributed by atoms with Crippen LogP contribution in [0.3, 0.4) is 0 Å².